The van der Waals surface area contributed by atoms with Gasteiger partial charge in [0.15, 0.2) is 11.6 Å². The average Bonchev–Trinajstić information content (AvgIpc) is 2.73. The number of hydrogen-bond acceptors (Lipinski definition) is 5. The summed E-state index contributed by atoms with van der Waals surface area (Å²) in [5, 5.41) is 2.62. The third kappa shape index (κ3) is 5.10. The Balaban J connectivity index is 1.95. The molecule has 0 aliphatic heterocycles. The molecule has 168 valence electrons. The molecule has 2 aromatic carbocycles. The molecule has 0 saturated carbocycles. The fourth-order valence-corrected chi connectivity index (χ4v) is 2.70. The summed E-state index contributed by atoms with van der Waals surface area (Å²) in [6.45, 7) is -0.256. The number of rotatable bonds is 6. The van der Waals surface area contributed by atoms with E-state index in [4.69, 9.17) is 4.74 Å². The highest BCUT2D eigenvalue weighted by Gasteiger charge is 2.35. The van der Waals surface area contributed by atoms with E-state index in [-0.39, 0.29) is 23.4 Å². The highest BCUT2D eigenvalue weighted by molar-refractivity contribution is 5.96. The molecular weight excluding hydrogens is 442 g/mol. The van der Waals surface area contributed by atoms with Gasteiger partial charge < -0.3 is 14.8 Å². The Hall–Kier alpha value is -3.76. The Labute approximate surface area is 177 Å². The van der Waals surface area contributed by atoms with Gasteiger partial charge in [0, 0.05) is 36.5 Å². The van der Waals surface area contributed by atoms with E-state index in [2.05, 4.69) is 15.0 Å². The molecule has 0 saturated heterocycles. The second kappa shape index (κ2) is 9.16. The number of pyridine rings is 1. The van der Waals surface area contributed by atoms with Crippen molar-refractivity contribution in [2.45, 2.75) is 12.7 Å². The molecule has 1 N–H and O–H groups in total. The number of halogens is 6. The average molecular weight is 456 g/mol. The quantitative estimate of drug-likeness (QED) is 0.381. The predicted molar refractivity (Wildman–Crippen MR) is 101 cm³/mol. The zero-order chi connectivity index (χ0) is 23.5. The minimum absolute atomic E-state index is 0.0197. The molecule has 0 radical (unpaired) electrons. The summed E-state index contributed by atoms with van der Waals surface area (Å²) in [5.74, 6) is -5.38. The molecule has 0 aliphatic carbocycles. The van der Waals surface area contributed by atoms with Crippen molar-refractivity contribution in [2.24, 2.45) is 0 Å². The van der Waals surface area contributed by atoms with Crippen molar-refractivity contribution in [1.82, 2.24) is 4.98 Å². The van der Waals surface area contributed by atoms with Crippen molar-refractivity contribution in [1.29, 1.82) is 0 Å². The number of esters is 1. The lowest BCUT2D eigenvalue weighted by molar-refractivity contribution is -0.138. The fourth-order valence-electron chi connectivity index (χ4n) is 2.70. The SMILES string of the molecule is COC(=O)c1cc(Oc2ncccc2C(F)(F)F)c(F)cc1NCc1ccc(F)cc1F. The predicted octanol–water partition coefficient (Wildman–Crippen LogP) is 5.71. The van der Waals surface area contributed by atoms with Gasteiger partial charge in [0.25, 0.3) is 0 Å². The molecule has 0 amide bonds. The van der Waals surface area contributed by atoms with Crippen LogP contribution in [0.1, 0.15) is 21.5 Å². The second-order valence-corrected chi connectivity index (χ2v) is 6.37. The van der Waals surface area contributed by atoms with Crippen molar-refractivity contribution in [3.05, 3.63) is 82.8 Å². The topological polar surface area (TPSA) is 60.5 Å². The van der Waals surface area contributed by atoms with E-state index in [1.807, 2.05) is 0 Å². The van der Waals surface area contributed by atoms with Crippen LogP contribution < -0.4 is 10.1 Å². The van der Waals surface area contributed by atoms with Crippen molar-refractivity contribution < 1.29 is 40.6 Å². The largest absolute Gasteiger partial charge is 0.465 e. The van der Waals surface area contributed by atoms with Gasteiger partial charge in [-0.05, 0) is 18.2 Å². The number of carbonyl (C=O) groups excluding carboxylic acids is 1. The van der Waals surface area contributed by atoms with Crippen LogP contribution in [0.25, 0.3) is 0 Å². The highest BCUT2D eigenvalue weighted by Crippen LogP contribution is 2.38. The molecule has 0 unspecified atom stereocenters. The smallest absolute Gasteiger partial charge is 0.421 e. The standard InChI is InChI=1S/C21H14F6N2O3/c1-31-20(30)13-8-18(32-19-14(21(25,26)27)3-2-6-28-19)16(24)9-17(13)29-10-11-4-5-12(22)7-15(11)23/h2-9,29H,10H2,1H3. The van der Waals surface area contributed by atoms with Gasteiger partial charge in [-0.2, -0.15) is 13.2 Å². The number of methoxy groups -OCH3 is 1. The van der Waals surface area contributed by atoms with Crippen molar-refractivity contribution in [2.75, 3.05) is 12.4 Å². The van der Waals surface area contributed by atoms with E-state index < -0.39 is 46.8 Å². The maximum absolute atomic E-state index is 14.6. The summed E-state index contributed by atoms with van der Waals surface area (Å²) in [6, 6.07) is 6.18. The van der Waals surface area contributed by atoms with Crippen LogP contribution in [0, 0.1) is 17.5 Å². The highest BCUT2D eigenvalue weighted by atomic mass is 19.4. The zero-order valence-corrected chi connectivity index (χ0v) is 16.3. The first-order chi connectivity index (χ1) is 15.1. The summed E-state index contributed by atoms with van der Waals surface area (Å²) in [5.41, 5.74) is -1.67. The van der Waals surface area contributed by atoms with E-state index in [1.165, 1.54) is 0 Å². The van der Waals surface area contributed by atoms with Gasteiger partial charge in [-0.1, -0.05) is 6.07 Å². The molecule has 0 bridgehead atoms. The van der Waals surface area contributed by atoms with E-state index in [0.29, 0.717) is 12.1 Å². The van der Waals surface area contributed by atoms with Crippen LogP contribution in [0.15, 0.2) is 48.7 Å². The minimum Gasteiger partial charge on any atom is -0.465 e. The lowest BCUT2D eigenvalue weighted by Crippen LogP contribution is -2.11. The van der Waals surface area contributed by atoms with Crippen LogP contribution in [-0.2, 0) is 17.5 Å². The van der Waals surface area contributed by atoms with Crippen molar-refractivity contribution in [3.63, 3.8) is 0 Å². The number of alkyl halides is 3. The van der Waals surface area contributed by atoms with Gasteiger partial charge in [0.1, 0.15) is 17.2 Å². The van der Waals surface area contributed by atoms with E-state index >= 15 is 0 Å². The number of benzene rings is 2. The number of carbonyl (C=O) groups is 1. The Morgan fingerprint density at radius 3 is 2.47 bits per heavy atom. The maximum atomic E-state index is 14.6. The molecule has 0 spiro atoms. The number of hydrogen-bond donors (Lipinski definition) is 1. The molecule has 1 heterocycles. The van der Waals surface area contributed by atoms with E-state index in [1.54, 1.807) is 0 Å². The first-order valence-corrected chi connectivity index (χ1v) is 8.90. The third-order valence-corrected chi connectivity index (χ3v) is 4.24. The molecule has 11 heteroatoms. The van der Waals surface area contributed by atoms with Crippen LogP contribution in [-0.4, -0.2) is 18.1 Å². The molecule has 32 heavy (non-hydrogen) atoms. The van der Waals surface area contributed by atoms with Crippen LogP contribution in [0.5, 0.6) is 11.6 Å². The molecule has 0 fully saturated rings. The van der Waals surface area contributed by atoms with Gasteiger partial charge in [-0.25, -0.2) is 22.9 Å². The van der Waals surface area contributed by atoms with E-state index in [0.717, 1.165) is 43.6 Å². The van der Waals surface area contributed by atoms with Gasteiger partial charge in [0.2, 0.25) is 5.88 Å². The van der Waals surface area contributed by atoms with Gasteiger partial charge in [-0.3, -0.25) is 0 Å². The molecular formula is C21H14F6N2O3. The van der Waals surface area contributed by atoms with Crippen LogP contribution >= 0.6 is 0 Å². The number of ether oxygens (including phenoxy) is 2. The summed E-state index contributed by atoms with van der Waals surface area (Å²) in [7, 11) is 1.04. The monoisotopic (exact) mass is 456 g/mol. The molecule has 1 aromatic heterocycles. The zero-order valence-electron chi connectivity index (χ0n) is 16.3. The lowest BCUT2D eigenvalue weighted by atomic mass is 10.1. The van der Waals surface area contributed by atoms with Crippen LogP contribution in [0.2, 0.25) is 0 Å². The normalized spacial score (nSPS) is 11.2. The molecule has 3 aromatic rings. The van der Waals surface area contributed by atoms with Gasteiger partial charge >= 0.3 is 12.1 Å². The van der Waals surface area contributed by atoms with Gasteiger partial charge in [-0.15, -0.1) is 0 Å². The third-order valence-electron chi connectivity index (χ3n) is 4.24. The molecule has 5 nitrogen and oxygen atoms in total. The minimum atomic E-state index is -4.81. The summed E-state index contributed by atoms with van der Waals surface area (Å²) < 4.78 is 90.6. The Morgan fingerprint density at radius 1 is 1.06 bits per heavy atom. The van der Waals surface area contributed by atoms with E-state index in [9.17, 15) is 31.1 Å². The Morgan fingerprint density at radius 2 is 1.81 bits per heavy atom. The summed E-state index contributed by atoms with van der Waals surface area (Å²) in [4.78, 5) is 15.6. The van der Waals surface area contributed by atoms with Gasteiger partial charge in [0.05, 0.1) is 18.4 Å². The second-order valence-electron chi connectivity index (χ2n) is 6.37. The maximum Gasteiger partial charge on any atom is 0.421 e. The van der Waals surface area contributed by atoms with Crippen molar-refractivity contribution >= 4 is 11.7 Å². The molecule has 3 rings (SSSR count). The number of aromatic nitrogens is 1. The molecule has 0 atom stereocenters. The summed E-state index contributed by atoms with van der Waals surface area (Å²) >= 11 is 0. The van der Waals surface area contributed by atoms with Crippen molar-refractivity contribution in [3.8, 4) is 11.6 Å². The number of nitrogens with one attached hydrogen (secondary N) is 1. The number of nitrogens with zero attached hydrogens (tertiary/aromatic N) is 1. The Kier molecular flexibility index (Phi) is 6.56. The lowest BCUT2D eigenvalue weighted by Gasteiger charge is -2.16. The number of anilines is 1. The first kappa shape index (κ1) is 22.9. The van der Waals surface area contributed by atoms with Crippen LogP contribution in [0.3, 0.4) is 0 Å². The Bertz CT molecular complexity index is 1150. The fraction of sp³-hybridized carbons (Fsp3) is 0.143. The molecule has 0 aliphatic rings. The summed E-state index contributed by atoms with van der Waals surface area (Å²) in [6.07, 6.45) is -3.79. The van der Waals surface area contributed by atoms with Crippen LogP contribution in [0.4, 0.5) is 32.0 Å². The first-order valence-electron chi connectivity index (χ1n) is 8.90.